The molecule has 4 rings (SSSR count). The Kier molecular flexibility index (Phi) is 16.0. The van der Waals surface area contributed by atoms with Gasteiger partial charge in [0.15, 0.2) is 0 Å². The largest absolute Gasteiger partial charge is 0.494 e. The van der Waals surface area contributed by atoms with Crippen molar-refractivity contribution in [2.75, 3.05) is 6.61 Å². The van der Waals surface area contributed by atoms with Crippen molar-refractivity contribution in [2.45, 2.75) is 90.4 Å². The summed E-state index contributed by atoms with van der Waals surface area (Å²) in [5.74, 6) is 0.812. The molecule has 6 nitrogen and oxygen atoms in total. The zero-order chi connectivity index (χ0) is 32.8. The van der Waals surface area contributed by atoms with Crippen molar-refractivity contribution in [3.63, 3.8) is 0 Å². The molecule has 0 aliphatic rings. The topological polar surface area (TPSA) is 72.6 Å². The number of aliphatic imine (C=N–C) groups is 1. The molecule has 0 atom stereocenters. The first-order chi connectivity index (χ1) is 23.2. The minimum atomic E-state index is -0.414. The number of hydrogen-bond donors (Lipinski definition) is 0. The fourth-order valence-electron chi connectivity index (χ4n) is 5.19. The number of azo groups is 1. The Hall–Kier alpha value is -4.58. The molecule has 4 aromatic carbocycles. The molecular formula is C41H49N3O3. The quantitative estimate of drug-likeness (QED) is 0.0302. The third kappa shape index (κ3) is 14.2. The van der Waals surface area contributed by atoms with Gasteiger partial charge in [0, 0.05) is 6.21 Å². The van der Waals surface area contributed by atoms with Crippen molar-refractivity contribution < 1.29 is 14.3 Å². The van der Waals surface area contributed by atoms with Crippen LogP contribution in [0.1, 0.15) is 106 Å². The maximum absolute atomic E-state index is 12.8. The zero-order valence-electron chi connectivity index (χ0n) is 27.9. The summed E-state index contributed by atoms with van der Waals surface area (Å²) in [5.41, 5.74) is 3.62. The first kappa shape index (κ1) is 35.3. The lowest BCUT2D eigenvalue weighted by Crippen LogP contribution is -2.08. The number of rotatable bonds is 21. The molecule has 0 N–H and O–H groups in total. The third-order valence-electron chi connectivity index (χ3n) is 7.92. The Morgan fingerprint density at radius 2 is 1.15 bits per heavy atom. The van der Waals surface area contributed by atoms with E-state index in [9.17, 15) is 4.79 Å². The first-order valence-corrected chi connectivity index (χ1v) is 17.4. The van der Waals surface area contributed by atoms with E-state index in [1.807, 2.05) is 78.9 Å². The van der Waals surface area contributed by atoms with Gasteiger partial charge in [-0.15, -0.1) is 0 Å². The van der Waals surface area contributed by atoms with E-state index in [0.29, 0.717) is 17.9 Å². The normalized spacial score (nSPS) is 11.3. The first-order valence-electron chi connectivity index (χ1n) is 17.4. The number of hydrogen-bond acceptors (Lipinski definition) is 6. The molecule has 246 valence electrons. The minimum absolute atomic E-state index is 0.414. The number of carbonyl (C=O) groups excluding carboxylic acids is 1. The Bertz CT molecular complexity index is 1500. The van der Waals surface area contributed by atoms with E-state index in [-0.39, 0.29) is 0 Å². The number of nitrogens with zero attached hydrogens (tertiary/aromatic N) is 3. The highest BCUT2D eigenvalue weighted by molar-refractivity contribution is 5.91. The van der Waals surface area contributed by atoms with Crippen LogP contribution in [0, 0.1) is 0 Å². The molecule has 0 heterocycles. The van der Waals surface area contributed by atoms with Gasteiger partial charge in [0.25, 0.3) is 0 Å². The monoisotopic (exact) mass is 631 g/mol. The summed E-state index contributed by atoms with van der Waals surface area (Å²) in [6.07, 6.45) is 19.0. The molecule has 0 aliphatic heterocycles. The van der Waals surface area contributed by atoms with Crippen molar-refractivity contribution >= 4 is 29.2 Å². The van der Waals surface area contributed by atoms with E-state index in [1.165, 1.54) is 77.0 Å². The summed E-state index contributed by atoms with van der Waals surface area (Å²) in [6, 6.07) is 31.6. The molecule has 6 heteroatoms. The van der Waals surface area contributed by atoms with Crippen LogP contribution in [0.2, 0.25) is 0 Å². The number of carbonyl (C=O) groups is 1. The molecule has 4 aromatic rings. The van der Waals surface area contributed by atoms with Gasteiger partial charge < -0.3 is 9.47 Å². The Balaban J connectivity index is 1.11. The van der Waals surface area contributed by atoms with Gasteiger partial charge in [0.1, 0.15) is 11.5 Å². The van der Waals surface area contributed by atoms with E-state index in [2.05, 4.69) is 22.1 Å². The molecule has 0 spiro atoms. The molecule has 0 fully saturated rings. The number of esters is 1. The molecule has 0 bridgehead atoms. The average Bonchev–Trinajstić information content (AvgIpc) is 3.11. The second kappa shape index (κ2) is 21.3. The maximum atomic E-state index is 12.8. The molecule has 0 aromatic heterocycles. The highest BCUT2D eigenvalue weighted by atomic mass is 16.5. The minimum Gasteiger partial charge on any atom is -0.494 e. The Labute approximate surface area is 281 Å². The van der Waals surface area contributed by atoms with Gasteiger partial charge in [-0.2, -0.15) is 10.2 Å². The smallest absolute Gasteiger partial charge is 0.343 e. The SMILES string of the molecule is CCCCCCCCCCCCCCCOc1ccc(C(=O)Oc2cccc(C=Nc3ccc(N=Nc4ccccc4)cc3)c2)cc1. The third-order valence-corrected chi connectivity index (χ3v) is 7.92. The van der Waals surface area contributed by atoms with Crippen LogP contribution >= 0.6 is 0 Å². The fraction of sp³-hybridized carbons (Fsp3) is 0.366. The predicted molar refractivity (Wildman–Crippen MR) is 193 cm³/mol. The standard InChI is InChI=1S/C41H49N3O3/c1-2-3-4-5-6-7-8-9-10-11-12-13-17-31-46-39-29-23-35(24-30-39)41(45)47-40-22-18-19-34(32-40)33-42-36-25-27-38(28-26-36)44-43-37-20-15-14-16-21-37/h14-16,18-30,32-33H,2-13,17,31H2,1H3. The van der Waals surface area contributed by atoms with Crippen molar-refractivity contribution in [1.82, 2.24) is 0 Å². The molecule has 0 saturated heterocycles. The number of ether oxygens (including phenoxy) is 2. The lowest BCUT2D eigenvalue weighted by atomic mass is 10.0. The molecule has 0 amide bonds. The van der Waals surface area contributed by atoms with Gasteiger partial charge in [-0.25, -0.2) is 4.79 Å². The van der Waals surface area contributed by atoms with Gasteiger partial charge in [0.05, 0.1) is 29.2 Å². The van der Waals surface area contributed by atoms with Gasteiger partial charge >= 0.3 is 5.97 Å². The van der Waals surface area contributed by atoms with Crippen LogP contribution in [0.4, 0.5) is 17.1 Å². The molecule has 0 saturated carbocycles. The highest BCUT2D eigenvalue weighted by Gasteiger charge is 2.09. The van der Waals surface area contributed by atoms with Crippen LogP contribution < -0.4 is 9.47 Å². The van der Waals surface area contributed by atoms with Gasteiger partial charge in [0.2, 0.25) is 0 Å². The van der Waals surface area contributed by atoms with Gasteiger partial charge in [-0.3, -0.25) is 4.99 Å². The zero-order valence-corrected chi connectivity index (χ0v) is 27.9. The Morgan fingerprint density at radius 1 is 0.574 bits per heavy atom. The van der Waals surface area contributed by atoms with E-state index < -0.39 is 5.97 Å². The molecule has 47 heavy (non-hydrogen) atoms. The molecule has 0 radical (unpaired) electrons. The second-order valence-electron chi connectivity index (χ2n) is 11.9. The molecular weight excluding hydrogens is 582 g/mol. The van der Waals surface area contributed by atoms with Crippen LogP contribution in [0.5, 0.6) is 11.5 Å². The van der Waals surface area contributed by atoms with Crippen molar-refractivity contribution in [3.05, 3.63) is 114 Å². The van der Waals surface area contributed by atoms with E-state index >= 15 is 0 Å². The predicted octanol–water partition coefficient (Wildman–Crippen LogP) is 12.5. The van der Waals surface area contributed by atoms with Crippen LogP contribution in [0.3, 0.4) is 0 Å². The van der Waals surface area contributed by atoms with Crippen LogP contribution in [0.15, 0.2) is 118 Å². The van der Waals surface area contributed by atoms with E-state index in [0.717, 1.165) is 34.8 Å². The fourth-order valence-corrected chi connectivity index (χ4v) is 5.19. The summed E-state index contributed by atoms with van der Waals surface area (Å²) in [6.45, 7) is 2.97. The van der Waals surface area contributed by atoms with Crippen molar-refractivity contribution in [2.24, 2.45) is 15.2 Å². The summed E-state index contributed by atoms with van der Waals surface area (Å²) >= 11 is 0. The summed E-state index contributed by atoms with van der Waals surface area (Å²) in [5, 5.41) is 8.50. The molecule has 0 unspecified atom stereocenters. The van der Waals surface area contributed by atoms with Crippen LogP contribution in [-0.2, 0) is 0 Å². The average molecular weight is 632 g/mol. The number of unbranched alkanes of at least 4 members (excludes halogenated alkanes) is 12. The van der Waals surface area contributed by atoms with Crippen molar-refractivity contribution in [1.29, 1.82) is 0 Å². The summed E-state index contributed by atoms with van der Waals surface area (Å²) < 4.78 is 11.5. The van der Waals surface area contributed by atoms with Gasteiger partial charge in [-0.05, 0) is 84.8 Å². The summed E-state index contributed by atoms with van der Waals surface area (Å²) in [7, 11) is 0. The second-order valence-corrected chi connectivity index (χ2v) is 11.9. The van der Waals surface area contributed by atoms with Gasteiger partial charge in [-0.1, -0.05) is 114 Å². The lowest BCUT2D eigenvalue weighted by molar-refractivity contribution is 0.0734. The van der Waals surface area contributed by atoms with Crippen LogP contribution in [-0.4, -0.2) is 18.8 Å². The van der Waals surface area contributed by atoms with E-state index in [4.69, 9.17) is 9.47 Å². The summed E-state index contributed by atoms with van der Waals surface area (Å²) in [4.78, 5) is 17.3. The number of benzene rings is 4. The highest BCUT2D eigenvalue weighted by Crippen LogP contribution is 2.22. The maximum Gasteiger partial charge on any atom is 0.343 e. The molecule has 0 aliphatic carbocycles. The van der Waals surface area contributed by atoms with E-state index in [1.54, 1.807) is 30.5 Å². The van der Waals surface area contributed by atoms with Crippen molar-refractivity contribution in [3.8, 4) is 11.5 Å². The van der Waals surface area contributed by atoms with Crippen LogP contribution in [0.25, 0.3) is 0 Å². The lowest BCUT2D eigenvalue weighted by Gasteiger charge is -2.08. The Morgan fingerprint density at radius 3 is 1.79 bits per heavy atom.